The van der Waals surface area contributed by atoms with Gasteiger partial charge in [-0.25, -0.2) is 0 Å². The van der Waals surface area contributed by atoms with Gasteiger partial charge in [-0.05, 0) is 52.9 Å². The smallest absolute Gasteiger partial charge is 0.158 e. The number of carbonyl (C=O) groups excluding carboxylic acids is 1. The maximum Gasteiger partial charge on any atom is 0.158 e. The zero-order valence-electron chi connectivity index (χ0n) is 21.8. The minimum atomic E-state index is -0.852. The third-order valence-electron chi connectivity index (χ3n) is 7.17. The molecule has 39 heavy (non-hydrogen) atoms. The van der Waals surface area contributed by atoms with Gasteiger partial charge in [-0.15, -0.1) is 0 Å². The molecule has 0 amide bonds. The van der Waals surface area contributed by atoms with Gasteiger partial charge in [-0.3, -0.25) is 10.1 Å². The Kier molecular flexibility index (Phi) is 7.74. The highest BCUT2D eigenvalue weighted by atomic mass is 16.5. The topological polar surface area (TPSA) is 91.6 Å². The summed E-state index contributed by atoms with van der Waals surface area (Å²) in [6.07, 6.45) is 0.323. The van der Waals surface area contributed by atoms with Gasteiger partial charge in [0.05, 0.1) is 18.2 Å². The van der Waals surface area contributed by atoms with Crippen molar-refractivity contribution < 1.29 is 19.4 Å². The van der Waals surface area contributed by atoms with E-state index in [4.69, 9.17) is 9.47 Å². The lowest BCUT2D eigenvalue weighted by Crippen LogP contribution is -2.36. The fourth-order valence-electron chi connectivity index (χ4n) is 4.58. The summed E-state index contributed by atoms with van der Waals surface area (Å²) in [5, 5.41) is 22.1. The zero-order valence-corrected chi connectivity index (χ0v) is 21.8. The fraction of sp³-hybridized carbons (Fsp3) is 0.212. The molecule has 1 aliphatic carbocycles. The van der Waals surface area contributed by atoms with E-state index in [1.165, 1.54) is 16.7 Å². The summed E-state index contributed by atoms with van der Waals surface area (Å²) in [6.45, 7) is 2.91. The molecule has 0 bridgehead atoms. The third kappa shape index (κ3) is 6.01. The molecule has 6 heteroatoms. The van der Waals surface area contributed by atoms with Gasteiger partial charge in [-0.2, -0.15) is 5.26 Å². The van der Waals surface area contributed by atoms with Gasteiger partial charge < -0.3 is 14.6 Å². The van der Waals surface area contributed by atoms with Crippen LogP contribution in [0.4, 0.5) is 0 Å². The number of aliphatic hydroxyl groups is 1. The van der Waals surface area contributed by atoms with Gasteiger partial charge in [-0.1, -0.05) is 66.7 Å². The molecular weight excluding hydrogens is 488 g/mol. The average Bonchev–Trinajstić information content (AvgIpc) is 3.64. The highest BCUT2D eigenvalue weighted by molar-refractivity contribution is 6.05. The predicted octanol–water partition coefficient (Wildman–Crippen LogP) is 5.49. The van der Waals surface area contributed by atoms with Gasteiger partial charge in [0, 0.05) is 24.6 Å². The van der Waals surface area contributed by atoms with Crippen molar-refractivity contribution in [3.8, 4) is 28.7 Å². The first-order valence-corrected chi connectivity index (χ1v) is 12.9. The summed E-state index contributed by atoms with van der Waals surface area (Å²) in [5.41, 5.74) is 6.03. The number of rotatable bonds is 11. The summed E-state index contributed by atoms with van der Waals surface area (Å²) >= 11 is 0. The van der Waals surface area contributed by atoms with Crippen LogP contribution in [0, 0.1) is 18.3 Å². The Morgan fingerprint density at radius 1 is 0.923 bits per heavy atom. The minimum Gasteiger partial charge on any atom is -0.489 e. The quantitative estimate of drug-likeness (QED) is 0.273. The van der Waals surface area contributed by atoms with Gasteiger partial charge in [0.15, 0.2) is 5.78 Å². The van der Waals surface area contributed by atoms with Gasteiger partial charge in [0.25, 0.3) is 0 Å². The molecule has 0 unspecified atom stereocenters. The lowest BCUT2D eigenvalue weighted by Gasteiger charge is -2.18. The molecule has 0 spiro atoms. The van der Waals surface area contributed by atoms with Crippen LogP contribution in [0.3, 0.4) is 0 Å². The molecular formula is C33H30N2O4. The standard InChI is InChI=1S/C33H30N2O4/c1-23-28(11-6-12-30(23)26-9-3-2-4-10-26)21-38-29-14-13-27(19-35-33(22-36)17-32(33)37)31(16-29)39-20-25-8-5-7-24(15-25)18-34/h2-16,35-36H,17,19-22H2,1H3/t33-/m0/s1. The monoisotopic (exact) mass is 518 g/mol. The van der Waals surface area contributed by atoms with Crippen molar-refractivity contribution in [2.75, 3.05) is 6.61 Å². The molecule has 0 heterocycles. The normalized spacial score (nSPS) is 16.0. The molecule has 4 aromatic rings. The van der Waals surface area contributed by atoms with E-state index in [1.54, 1.807) is 12.1 Å². The second-order valence-corrected chi connectivity index (χ2v) is 9.81. The predicted molar refractivity (Wildman–Crippen MR) is 149 cm³/mol. The van der Waals surface area contributed by atoms with Crippen LogP contribution in [-0.4, -0.2) is 23.0 Å². The summed E-state index contributed by atoms with van der Waals surface area (Å²) in [5.74, 6) is 1.27. The van der Waals surface area contributed by atoms with Crippen LogP contribution >= 0.6 is 0 Å². The maximum atomic E-state index is 11.8. The number of nitrogens with one attached hydrogen (secondary N) is 1. The molecule has 6 nitrogen and oxygen atoms in total. The molecule has 1 atom stereocenters. The molecule has 5 rings (SSSR count). The van der Waals surface area contributed by atoms with Crippen LogP contribution in [0.25, 0.3) is 11.1 Å². The second-order valence-electron chi connectivity index (χ2n) is 9.81. The van der Waals surface area contributed by atoms with E-state index in [2.05, 4.69) is 42.6 Å². The Morgan fingerprint density at radius 2 is 1.72 bits per heavy atom. The number of nitrogens with zero attached hydrogens (tertiary/aromatic N) is 1. The fourth-order valence-corrected chi connectivity index (χ4v) is 4.58. The summed E-state index contributed by atoms with van der Waals surface area (Å²) in [4.78, 5) is 11.8. The largest absolute Gasteiger partial charge is 0.489 e. The maximum absolute atomic E-state index is 11.8. The number of aliphatic hydroxyl groups excluding tert-OH is 1. The van der Waals surface area contributed by atoms with E-state index in [0.717, 1.165) is 16.7 Å². The molecule has 0 aliphatic heterocycles. The number of carbonyl (C=O) groups is 1. The lowest BCUT2D eigenvalue weighted by atomic mass is 9.97. The van der Waals surface area contributed by atoms with Gasteiger partial charge in [0.2, 0.25) is 0 Å². The zero-order chi connectivity index (χ0) is 27.2. The van der Waals surface area contributed by atoms with Crippen LogP contribution < -0.4 is 14.8 Å². The van der Waals surface area contributed by atoms with Crippen molar-refractivity contribution in [3.63, 3.8) is 0 Å². The number of benzene rings is 4. The molecule has 2 N–H and O–H groups in total. The van der Waals surface area contributed by atoms with Gasteiger partial charge >= 0.3 is 0 Å². The molecule has 1 fully saturated rings. The van der Waals surface area contributed by atoms with Crippen LogP contribution in [0.15, 0.2) is 91.0 Å². The molecule has 0 aromatic heterocycles. The molecule has 1 aliphatic rings. The van der Waals surface area contributed by atoms with Crippen LogP contribution in [-0.2, 0) is 24.6 Å². The number of ketones is 1. The summed E-state index contributed by atoms with van der Waals surface area (Å²) < 4.78 is 12.4. The van der Waals surface area contributed by atoms with Crippen molar-refractivity contribution in [2.45, 2.75) is 38.6 Å². The van der Waals surface area contributed by atoms with E-state index in [0.29, 0.717) is 36.6 Å². The van der Waals surface area contributed by atoms with Crippen LogP contribution in [0.5, 0.6) is 11.5 Å². The van der Waals surface area contributed by atoms with Crippen molar-refractivity contribution >= 4 is 5.78 Å². The SMILES string of the molecule is Cc1c(COc2ccc(CN[C@]3(CO)CC3=O)c(OCc3cccc(C#N)c3)c2)cccc1-c1ccccc1. The number of nitriles is 1. The van der Waals surface area contributed by atoms with Crippen LogP contribution in [0.2, 0.25) is 0 Å². The second kappa shape index (κ2) is 11.5. The number of Topliss-reactive ketones (excluding diaryl/α,β-unsaturated/α-hetero) is 1. The van der Waals surface area contributed by atoms with E-state index < -0.39 is 5.54 Å². The Labute approximate surface area is 228 Å². The third-order valence-corrected chi connectivity index (χ3v) is 7.17. The Bertz CT molecular complexity index is 1530. The van der Waals surface area contributed by atoms with E-state index >= 15 is 0 Å². The van der Waals surface area contributed by atoms with Crippen molar-refractivity contribution in [2.24, 2.45) is 0 Å². The molecule has 196 valence electrons. The van der Waals surface area contributed by atoms with Crippen molar-refractivity contribution in [1.29, 1.82) is 5.26 Å². The molecule has 1 saturated carbocycles. The highest BCUT2D eigenvalue weighted by Crippen LogP contribution is 2.33. The molecule has 4 aromatic carbocycles. The highest BCUT2D eigenvalue weighted by Gasteiger charge is 2.53. The number of ether oxygens (including phenoxy) is 2. The van der Waals surface area contributed by atoms with E-state index in [-0.39, 0.29) is 19.0 Å². The van der Waals surface area contributed by atoms with Crippen LogP contribution in [0.1, 0.15) is 34.2 Å². The first kappa shape index (κ1) is 26.2. The summed E-state index contributed by atoms with van der Waals surface area (Å²) in [6, 6.07) is 31.6. The number of hydrogen-bond acceptors (Lipinski definition) is 6. The molecule has 0 saturated heterocycles. The first-order valence-electron chi connectivity index (χ1n) is 12.9. The Balaban J connectivity index is 1.34. The summed E-state index contributed by atoms with van der Waals surface area (Å²) in [7, 11) is 0. The molecule has 0 radical (unpaired) electrons. The van der Waals surface area contributed by atoms with Crippen molar-refractivity contribution in [3.05, 3.63) is 119 Å². The average molecular weight is 519 g/mol. The Hall–Kier alpha value is -4.44. The lowest BCUT2D eigenvalue weighted by molar-refractivity contribution is -0.112. The Morgan fingerprint density at radius 3 is 2.46 bits per heavy atom. The van der Waals surface area contributed by atoms with Crippen molar-refractivity contribution in [1.82, 2.24) is 5.32 Å². The minimum absolute atomic E-state index is 0.00819. The van der Waals surface area contributed by atoms with Gasteiger partial charge in [0.1, 0.15) is 30.3 Å². The van der Waals surface area contributed by atoms with E-state index in [9.17, 15) is 15.2 Å². The number of hydrogen-bond donors (Lipinski definition) is 2. The van der Waals surface area contributed by atoms with E-state index in [1.807, 2.05) is 54.6 Å². The first-order chi connectivity index (χ1) is 19.0.